The summed E-state index contributed by atoms with van der Waals surface area (Å²) in [6.45, 7) is 0. The third kappa shape index (κ3) is 2.76. The van der Waals surface area contributed by atoms with E-state index in [1.165, 1.54) is 0 Å². The second-order valence-corrected chi connectivity index (χ2v) is 3.57. The number of nitrogens with zero attached hydrogens (tertiary/aromatic N) is 2. The van der Waals surface area contributed by atoms with Crippen molar-refractivity contribution in [1.82, 2.24) is 4.90 Å². The summed E-state index contributed by atoms with van der Waals surface area (Å²) in [5.41, 5.74) is 2.22. The fourth-order valence-corrected chi connectivity index (χ4v) is 1.13. The summed E-state index contributed by atoms with van der Waals surface area (Å²) in [7, 11) is 8.03. The Kier molecular flexibility index (Phi) is 3.51. The molecule has 0 N–H and O–H groups in total. The first-order chi connectivity index (χ1) is 6.61. The second kappa shape index (κ2) is 4.65. The monoisotopic (exact) mass is 193 g/mol. The van der Waals surface area contributed by atoms with Gasteiger partial charge in [0.05, 0.1) is 18.2 Å². The van der Waals surface area contributed by atoms with E-state index >= 15 is 0 Å². The SMILES string of the molecule is CN(C)/C(=C/C=[N+](C)C)c1ccoc1. The van der Waals surface area contributed by atoms with Crippen LogP contribution in [0.15, 0.2) is 29.1 Å². The van der Waals surface area contributed by atoms with Crippen molar-refractivity contribution < 1.29 is 8.99 Å². The first kappa shape index (κ1) is 10.6. The molecule has 76 valence electrons. The predicted molar refractivity (Wildman–Crippen MR) is 58.5 cm³/mol. The fraction of sp³-hybridized carbons (Fsp3) is 0.364. The van der Waals surface area contributed by atoms with Crippen LogP contribution in [-0.2, 0) is 0 Å². The van der Waals surface area contributed by atoms with Gasteiger partial charge in [-0.2, -0.15) is 0 Å². The van der Waals surface area contributed by atoms with Gasteiger partial charge >= 0.3 is 0 Å². The zero-order valence-electron chi connectivity index (χ0n) is 9.19. The van der Waals surface area contributed by atoms with E-state index in [0.29, 0.717) is 0 Å². The van der Waals surface area contributed by atoms with Gasteiger partial charge in [0.25, 0.3) is 0 Å². The van der Waals surface area contributed by atoms with Crippen molar-refractivity contribution in [1.29, 1.82) is 0 Å². The maximum atomic E-state index is 5.06. The minimum Gasteiger partial charge on any atom is -0.472 e. The lowest BCUT2D eigenvalue weighted by atomic mass is 10.2. The van der Waals surface area contributed by atoms with Gasteiger partial charge in [0.2, 0.25) is 0 Å². The van der Waals surface area contributed by atoms with Gasteiger partial charge in [-0.3, -0.25) is 0 Å². The van der Waals surface area contributed by atoms with Gasteiger partial charge in [0.15, 0.2) is 6.21 Å². The predicted octanol–water partition coefficient (Wildman–Crippen LogP) is 1.52. The van der Waals surface area contributed by atoms with E-state index in [1.54, 1.807) is 12.5 Å². The summed E-state index contributed by atoms with van der Waals surface area (Å²) >= 11 is 0. The van der Waals surface area contributed by atoms with E-state index in [2.05, 4.69) is 11.0 Å². The third-order valence-electron chi connectivity index (χ3n) is 1.83. The summed E-state index contributed by atoms with van der Waals surface area (Å²) in [6, 6.07) is 1.95. The Balaban J connectivity index is 2.97. The van der Waals surface area contributed by atoms with Crippen LogP contribution in [0.3, 0.4) is 0 Å². The Bertz CT molecular complexity index is 330. The van der Waals surface area contributed by atoms with E-state index in [4.69, 9.17) is 4.42 Å². The topological polar surface area (TPSA) is 19.4 Å². The Hall–Kier alpha value is -1.51. The molecule has 1 aromatic rings. The molecule has 0 radical (unpaired) electrons. The van der Waals surface area contributed by atoms with Crippen LogP contribution < -0.4 is 0 Å². The van der Waals surface area contributed by atoms with Crippen molar-refractivity contribution in [2.75, 3.05) is 28.2 Å². The molecular formula is C11H17N2O+. The number of hydrogen-bond donors (Lipinski definition) is 0. The molecule has 0 aliphatic carbocycles. The molecule has 3 heteroatoms. The van der Waals surface area contributed by atoms with Crippen LogP contribution in [0.1, 0.15) is 5.56 Å². The Morgan fingerprint density at radius 3 is 2.57 bits per heavy atom. The summed E-state index contributed by atoms with van der Waals surface area (Å²) in [4.78, 5) is 2.06. The van der Waals surface area contributed by atoms with Crippen molar-refractivity contribution in [3.8, 4) is 0 Å². The molecule has 0 aromatic carbocycles. The van der Waals surface area contributed by atoms with Gasteiger partial charge in [-0.05, 0) is 6.07 Å². The van der Waals surface area contributed by atoms with Crippen molar-refractivity contribution in [3.63, 3.8) is 0 Å². The van der Waals surface area contributed by atoms with Gasteiger partial charge in [0.1, 0.15) is 14.1 Å². The smallest absolute Gasteiger partial charge is 0.164 e. The Morgan fingerprint density at radius 2 is 2.14 bits per heavy atom. The molecule has 1 aromatic heterocycles. The first-order valence-corrected chi connectivity index (χ1v) is 4.52. The summed E-state index contributed by atoms with van der Waals surface area (Å²) in [5.74, 6) is 0. The third-order valence-corrected chi connectivity index (χ3v) is 1.83. The van der Waals surface area contributed by atoms with Crippen LogP contribution in [0.5, 0.6) is 0 Å². The van der Waals surface area contributed by atoms with Gasteiger partial charge in [0, 0.05) is 25.7 Å². The standard InChI is InChI=1S/C11H17N2O/c1-12(2)7-5-11(13(3)4)10-6-8-14-9-10/h5-9H,1-4H3/q+1. The van der Waals surface area contributed by atoms with Crippen molar-refractivity contribution in [2.24, 2.45) is 0 Å². The van der Waals surface area contributed by atoms with Gasteiger partial charge in [-0.15, -0.1) is 0 Å². The van der Waals surface area contributed by atoms with Crippen LogP contribution >= 0.6 is 0 Å². The lowest BCUT2D eigenvalue weighted by Crippen LogP contribution is -2.10. The quantitative estimate of drug-likeness (QED) is 0.535. The number of hydrogen-bond acceptors (Lipinski definition) is 2. The highest BCUT2D eigenvalue weighted by Crippen LogP contribution is 2.15. The van der Waals surface area contributed by atoms with E-state index < -0.39 is 0 Å². The van der Waals surface area contributed by atoms with E-state index in [9.17, 15) is 0 Å². The Labute approximate surface area is 85.0 Å². The van der Waals surface area contributed by atoms with Gasteiger partial charge in [-0.25, -0.2) is 4.58 Å². The van der Waals surface area contributed by atoms with Crippen molar-refractivity contribution in [3.05, 3.63) is 30.2 Å². The van der Waals surface area contributed by atoms with Crippen LogP contribution in [0.25, 0.3) is 5.70 Å². The molecule has 0 unspecified atom stereocenters. The fourth-order valence-electron chi connectivity index (χ4n) is 1.13. The van der Waals surface area contributed by atoms with Crippen LogP contribution in [0, 0.1) is 0 Å². The second-order valence-electron chi connectivity index (χ2n) is 3.57. The highest BCUT2D eigenvalue weighted by Gasteiger charge is 2.04. The van der Waals surface area contributed by atoms with Gasteiger partial charge in [-0.1, -0.05) is 0 Å². The maximum absolute atomic E-state index is 5.06. The van der Waals surface area contributed by atoms with Crippen LogP contribution in [0.4, 0.5) is 0 Å². The lowest BCUT2D eigenvalue weighted by Gasteiger charge is -2.14. The molecule has 0 saturated heterocycles. The number of rotatable bonds is 3. The molecule has 0 saturated carbocycles. The summed E-state index contributed by atoms with van der Waals surface area (Å²) in [5, 5.41) is 0. The molecule has 0 fully saturated rings. The molecule has 1 heterocycles. The normalized spacial score (nSPS) is 11.3. The summed E-state index contributed by atoms with van der Waals surface area (Å²) < 4.78 is 7.06. The molecule has 0 aliphatic heterocycles. The highest BCUT2D eigenvalue weighted by atomic mass is 16.3. The maximum Gasteiger partial charge on any atom is 0.164 e. The minimum atomic E-state index is 1.09. The molecule has 14 heavy (non-hydrogen) atoms. The summed E-state index contributed by atoms with van der Waals surface area (Å²) in [6.07, 6.45) is 7.50. The van der Waals surface area contributed by atoms with Crippen molar-refractivity contribution >= 4 is 11.9 Å². The molecule has 1 rings (SSSR count). The van der Waals surface area contributed by atoms with E-state index in [1.807, 2.05) is 45.0 Å². The molecule has 0 aliphatic rings. The highest BCUT2D eigenvalue weighted by molar-refractivity contribution is 5.80. The average Bonchev–Trinajstić information content (AvgIpc) is 2.56. The number of furan rings is 1. The van der Waals surface area contributed by atoms with E-state index in [-0.39, 0.29) is 0 Å². The van der Waals surface area contributed by atoms with Crippen LogP contribution in [0.2, 0.25) is 0 Å². The molecule has 0 spiro atoms. The van der Waals surface area contributed by atoms with Crippen LogP contribution in [-0.4, -0.2) is 43.9 Å². The minimum absolute atomic E-state index is 1.09. The molecule has 0 bridgehead atoms. The van der Waals surface area contributed by atoms with Crippen molar-refractivity contribution in [2.45, 2.75) is 0 Å². The molecule has 0 amide bonds. The molecule has 3 nitrogen and oxygen atoms in total. The molecule has 0 atom stereocenters. The largest absolute Gasteiger partial charge is 0.472 e. The Morgan fingerprint density at radius 1 is 1.43 bits per heavy atom. The zero-order chi connectivity index (χ0) is 10.6. The first-order valence-electron chi connectivity index (χ1n) is 4.52. The zero-order valence-corrected chi connectivity index (χ0v) is 9.19. The lowest BCUT2D eigenvalue weighted by molar-refractivity contribution is -0.458. The average molecular weight is 193 g/mol. The number of allylic oxidation sites excluding steroid dienone is 1. The molecular weight excluding hydrogens is 176 g/mol. The van der Waals surface area contributed by atoms with Gasteiger partial charge < -0.3 is 9.32 Å². The van der Waals surface area contributed by atoms with E-state index in [0.717, 1.165) is 11.3 Å².